The highest BCUT2D eigenvalue weighted by Crippen LogP contribution is 2.25. The van der Waals surface area contributed by atoms with Gasteiger partial charge in [0.25, 0.3) is 0 Å². The van der Waals surface area contributed by atoms with Crippen molar-refractivity contribution in [2.75, 3.05) is 31.7 Å². The number of benzene rings is 6. The number of nitrogens with two attached hydrogens (primary N) is 2. The Morgan fingerprint density at radius 3 is 1.28 bits per heavy atom. The van der Waals surface area contributed by atoms with Gasteiger partial charge in [0.1, 0.15) is 60.4 Å². The largest absolute Gasteiger partial charge is 0.480 e. The summed E-state index contributed by atoms with van der Waals surface area (Å²) in [6.45, 7) is 5.94. The Labute approximate surface area is 630 Å². The van der Waals surface area contributed by atoms with E-state index in [1.165, 1.54) is 14.0 Å². The summed E-state index contributed by atoms with van der Waals surface area (Å²) in [6, 6.07) is 28.3. The lowest BCUT2D eigenvalue weighted by Crippen LogP contribution is -2.63. The Morgan fingerprint density at radius 1 is 0.467 bits per heavy atom. The van der Waals surface area contributed by atoms with E-state index in [1.807, 2.05) is 62.4 Å². The van der Waals surface area contributed by atoms with Crippen molar-refractivity contribution in [2.45, 2.75) is 170 Å². The third-order valence-electron chi connectivity index (χ3n) is 17.9. The zero-order chi connectivity index (χ0) is 77.7. The van der Waals surface area contributed by atoms with Crippen molar-refractivity contribution in [3.63, 3.8) is 0 Å². The lowest BCUT2D eigenvalue weighted by molar-refractivity contribution is -0.142. The highest BCUT2D eigenvalue weighted by molar-refractivity contribution is 8.76. The maximum atomic E-state index is 15.6. The van der Waals surface area contributed by atoms with Gasteiger partial charge in [0.15, 0.2) is 0 Å². The monoisotopic (exact) mass is 1510 g/mol. The van der Waals surface area contributed by atoms with Crippen LogP contribution in [0.4, 0.5) is 0 Å². The number of carboxylic acids is 1. The number of nitrogens with zero attached hydrogens (tertiary/aromatic N) is 1. The summed E-state index contributed by atoms with van der Waals surface area (Å²) in [5.41, 5.74) is 16.0. The molecule has 107 heavy (non-hydrogen) atoms. The van der Waals surface area contributed by atoms with Crippen LogP contribution in [0.15, 0.2) is 158 Å². The van der Waals surface area contributed by atoms with E-state index in [2.05, 4.69) is 53.2 Å². The van der Waals surface area contributed by atoms with Crippen molar-refractivity contribution >= 4 is 97.4 Å². The predicted octanol–water partition coefficient (Wildman–Crippen LogP) is 0.731. The molecule has 0 spiro atoms. The molecular weight excluding hydrogens is 1410 g/mol. The van der Waals surface area contributed by atoms with Gasteiger partial charge in [0.05, 0.1) is 24.9 Å². The van der Waals surface area contributed by atoms with E-state index in [4.69, 9.17) is 11.5 Å². The van der Waals surface area contributed by atoms with Crippen LogP contribution in [0.1, 0.15) is 80.3 Å². The molecule has 1 fully saturated rings. The van der Waals surface area contributed by atoms with E-state index >= 15 is 19.2 Å². The maximum absolute atomic E-state index is 15.6. The van der Waals surface area contributed by atoms with Crippen LogP contribution in [0.3, 0.4) is 0 Å². The molecule has 1 aliphatic heterocycles. The number of hydrogen-bond acceptors (Lipinski definition) is 19. The zero-order valence-corrected chi connectivity index (χ0v) is 62.1. The Hall–Kier alpha value is -9.79. The van der Waals surface area contributed by atoms with Crippen LogP contribution in [0.25, 0.3) is 10.8 Å². The number of carboxylic acid groups (broad SMARTS) is 1. The van der Waals surface area contributed by atoms with Crippen molar-refractivity contribution in [2.24, 2.45) is 11.5 Å². The van der Waals surface area contributed by atoms with Gasteiger partial charge in [-0.1, -0.05) is 193 Å². The standard InChI is InChI=1S/C77H99N13O15S2/c1-45(2)80-41-52-30-28-51(29-31-52)39-59-70(97)88-65(46(3)92)74(101)85-60(38-50-23-13-8-14-24-50)71(98)89-66(47(4)93)75(102)86-62(42-91)72(99)87-63(77(104)105)44-107-106-43-56(79)76(103)90(5)64(27-17-18-34-78)73(100)84-58(37-49-21-11-7-12-22-49)68(95)81-57(36-48-19-9-6-10-20-48)67(94)83-61(69(96)82-59)40-53-32-33-54-25-15-16-26-55(54)35-53/h6-16,19-26,28-33,35,45-47,56-66,80,91-93H,17-18,27,34,36-44,78-79H2,1-5H3,(H,81,95)(H,82,96)(H,83,94)(H,84,100)(H,85,101)(H,86,102)(H,87,99)(H,88,97)(H,89,98)(H,104,105)/t46-,47-,56+,57+,58+,59+,60+,61-,62+,63+,64+,65-,66+/m1/s1. The third kappa shape index (κ3) is 26.6. The van der Waals surface area contributed by atoms with Gasteiger partial charge in [-0.25, -0.2) is 4.79 Å². The fourth-order valence-corrected chi connectivity index (χ4v) is 14.1. The summed E-state index contributed by atoms with van der Waals surface area (Å²) in [6.07, 6.45) is -3.61. The Balaban J connectivity index is 1.33. The van der Waals surface area contributed by atoms with Crippen LogP contribution in [0.5, 0.6) is 0 Å². The van der Waals surface area contributed by atoms with Gasteiger partial charge in [0.2, 0.25) is 59.1 Å². The number of nitrogens with one attached hydrogen (secondary N) is 10. The van der Waals surface area contributed by atoms with Crippen LogP contribution in [0.2, 0.25) is 0 Å². The third-order valence-corrected chi connectivity index (χ3v) is 20.4. The molecule has 0 aromatic heterocycles. The van der Waals surface area contributed by atoms with E-state index in [-0.39, 0.29) is 62.6 Å². The minimum absolute atomic E-state index is 0.0551. The van der Waals surface area contributed by atoms with Gasteiger partial charge >= 0.3 is 5.97 Å². The number of fused-ring (bicyclic) bond motifs is 1. The number of carbonyl (C=O) groups excluding carboxylic acids is 10. The molecule has 1 saturated heterocycles. The van der Waals surface area contributed by atoms with Gasteiger partial charge in [-0.05, 0) is 83.8 Å². The van der Waals surface area contributed by atoms with Crippen LogP contribution in [-0.4, -0.2) is 207 Å². The van der Waals surface area contributed by atoms with E-state index < -0.39 is 150 Å². The second-order valence-electron chi connectivity index (χ2n) is 26.8. The summed E-state index contributed by atoms with van der Waals surface area (Å²) in [7, 11) is 3.24. The van der Waals surface area contributed by atoms with Gasteiger partial charge in [-0.3, -0.25) is 47.9 Å². The Bertz CT molecular complexity index is 3960. The molecule has 7 rings (SSSR count). The van der Waals surface area contributed by atoms with Crippen LogP contribution in [0, 0.1) is 0 Å². The fraction of sp³-hybridized carbons (Fsp3) is 0.416. The number of hydrogen-bond donors (Lipinski definition) is 16. The Morgan fingerprint density at radius 2 is 0.841 bits per heavy atom. The maximum Gasteiger partial charge on any atom is 0.327 e. The van der Waals surface area contributed by atoms with Crippen LogP contribution in [-0.2, 0) is 91.4 Å². The number of aliphatic carboxylic acids is 1. The minimum atomic E-state index is -1.91. The van der Waals surface area contributed by atoms with E-state index in [0.29, 0.717) is 47.2 Å². The molecule has 574 valence electrons. The topological polar surface area (TPSA) is 444 Å². The molecule has 6 aromatic carbocycles. The second kappa shape index (κ2) is 42.5. The molecule has 18 N–H and O–H groups in total. The minimum Gasteiger partial charge on any atom is -0.480 e. The Kier molecular flexibility index (Phi) is 33.6. The summed E-state index contributed by atoms with van der Waals surface area (Å²) in [4.78, 5) is 162. The number of amides is 10. The van der Waals surface area contributed by atoms with E-state index in [0.717, 1.165) is 49.7 Å². The summed E-state index contributed by atoms with van der Waals surface area (Å²) >= 11 is 0. The highest BCUT2D eigenvalue weighted by Gasteiger charge is 2.39. The first-order valence-corrected chi connectivity index (χ1v) is 38.0. The number of unbranched alkanes of at least 4 members (excludes halogenated alkanes) is 1. The van der Waals surface area contributed by atoms with Crippen molar-refractivity contribution in [1.82, 2.24) is 58.1 Å². The molecule has 13 atom stereocenters. The van der Waals surface area contributed by atoms with Gasteiger partial charge in [-0.2, -0.15) is 0 Å². The first-order chi connectivity index (χ1) is 51.2. The molecule has 28 nitrogen and oxygen atoms in total. The molecule has 0 radical (unpaired) electrons. The lowest BCUT2D eigenvalue weighted by atomic mass is 9.98. The molecule has 6 aromatic rings. The molecule has 10 amide bonds. The number of aliphatic hydroxyl groups excluding tert-OH is 3. The number of aliphatic hydroxyl groups is 3. The molecule has 1 aliphatic rings. The van der Waals surface area contributed by atoms with E-state index in [9.17, 15) is 54.0 Å². The summed E-state index contributed by atoms with van der Waals surface area (Å²) < 4.78 is 0. The van der Waals surface area contributed by atoms with Crippen molar-refractivity contribution in [3.05, 3.63) is 191 Å². The first kappa shape index (κ1) is 84.5. The van der Waals surface area contributed by atoms with Crippen LogP contribution >= 0.6 is 21.6 Å². The van der Waals surface area contributed by atoms with Crippen molar-refractivity contribution < 1.29 is 73.2 Å². The van der Waals surface area contributed by atoms with Gasteiger partial charge in [0, 0.05) is 63.2 Å². The lowest BCUT2D eigenvalue weighted by Gasteiger charge is -2.31. The van der Waals surface area contributed by atoms with E-state index in [1.54, 1.807) is 109 Å². The molecule has 1 heterocycles. The summed E-state index contributed by atoms with van der Waals surface area (Å²) in [5.74, 6) is -11.8. The number of rotatable bonds is 21. The van der Waals surface area contributed by atoms with Gasteiger partial charge in [-0.15, -0.1) is 0 Å². The average molecular weight is 1510 g/mol. The smallest absolute Gasteiger partial charge is 0.327 e. The second-order valence-corrected chi connectivity index (χ2v) is 29.4. The molecule has 0 aliphatic carbocycles. The molecule has 30 heteroatoms. The molecule has 0 bridgehead atoms. The average Bonchev–Trinajstić information content (AvgIpc) is 0.844. The number of carbonyl (C=O) groups is 11. The first-order valence-electron chi connectivity index (χ1n) is 35.5. The van der Waals surface area contributed by atoms with Crippen molar-refractivity contribution in [1.29, 1.82) is 0 Å². The molecule has 0 saturated carbocycles. The SMILES string of the molecule is CC(C)NCc1ccc(C[C@@H]2NC(=O)[C@@H](Cc3ccc4ccccc4c3)NC(=O)[C@H](Cc3ccccc3)NC(=O)[C@H](Cc3ccccc3)NC(=O)[C@H](CCCCN)N(C)C(=O)[C@@H](N)CSSC[C@@H](C(=O)O)NC(=O)[C@H](CO)NC(=O)[C@H]([C@@H](C)O)NC(=O)[C@H](Cc3ccccc3)NC(=O)[C@@H]([C@@H](C)O)NC2=O)cc1. The van der Waals surface area contributed by atoms with Crippen molar-refractivity contribution in [3.8, 4) is 0 Å². The fourth-order valence-electron chi connectivity index (χ4n) is 11.8. The number of likely N-dealkylation sites (N-methyl/N-ethyl adjacent to an activating group) is 1. The predicted molar refractivity (Wildman–Crippen MR) is 408 cm³/mol. The molecule has 0 unspecified atom stereocenters. The quantitative estimate of drug-likeness (QED) is 0.0349. The molecular formula is C77H99N13O15S2. The summed E-state index contributed by atoms with van der Waals surface area (Å²) in [5, 5.41) is 71.7. The van der Waals surface area contributed by atoms with Gasteiger partial charge < -0.3 is 90.0 Å². The van der Waals surface area contributed by atoms with Crippen LogP contribution < -0.4 is 64.6 Å². The zero-order valence-electron chi connectivity index (χ0n) is 60.5. The highest BCUT2D eigenvalue weighted by atomic mass is 33.1. The normalized spacial score (nSPS) is 23.6.